The number of nitrogens with zero attached hydrogens (tertiary/aromatic N) is 4. The second-order valence-corrected chi connectivity index (χ2v) is 7.26. The van der Waals surface area contributed by atoms with Crippen molar-refractivity contribution in [2.75, 3.05) is 19.6 Å². The molecule has 2 atom stereocenters. The smallest absolute Gasteiger partial charge is 0.190 e. The molecule has 0 amide bonds. The fourth-order valence-corrected chi connectivity index (χ4v) is 4.69. The third-order valence-corrected chi connectivity index (χ3v) is 5.84. The molecular formula is C19H19N5S. The third-order valence-electron chi connectivity index (χ3n) is 5.13. The highest BCUT2D eigenvalue weighted by Crippen LogP contribution is 2.54. The van der Waals surface area contributed by atoms with E-state index in [2.05, 4.69) is 36.1 Å². The van der Waals surface area contributed by atoms with E-state index >= 15 is 0 Å². The summed E-state index contributed by atoms with van der Waals surface area (Å²) < 4.78 is 0. The lowest BCUT2D eigenvalue weighted by molar-refractivity contribution is 0.248. The molecule has 126 valence electrons. The largest absolute Gasteiger partial charge is 0.401 e. The average Bonchev–Trinajstić information content (AvgIpc) is 3.16. The van der Waals surface area contributed by atoms with Gasteiger partial charge in [0.25, 0.3) is 0 Å². The molecule has 3 rings (SSSR count). The Labute approximate surface area is 151 Å². The molecule has 2 aliphatic rings. The quantitative estimate of drug-likeness (QED) is 0.846. The molecule has 0 bridgehead atoms. The van der Waals surface area contributed by atoms with Crippen molar-refractivity contribution in [1.29, 1.82) is 15.8 Å². The first-order valence-electron chi connectivity index (χ1n) is 8.30. The summed E-state index contributed by atoms with van der Waals surface area (Å²) in [5, 5.41) is 33.4. The lowest BCUT2D eigenvalue weighted by Crippen LogP contribution is -2.46. The molecule has 25 heavy (non-hydrogen) atoms. The van der Waals surface area contributed by atoms with Crippen LogP contribution in [0.3, 0.4) is 0 Å². The number of nitriles is 3. The Morgan fingerprint density at radius 3 is 2.68 bits per heavy atom. The van der Waals surface area contributed by atoms with Gasteiger partial charge in [0.15, 0.2) is 5.41 Å². The van der Waals surface area contributed by atoms with E-state index in [1.165, 1.54) is 11.3 Å². The summed E-state index contributed by atoms with van der Waals surface area (Å²) in [5.41, 5.74) is 7.19. The molecule has 2 heterocycles. The van der Waals surface area contributed by atoms with Gasteiger partial charge in [-0.25, -0.2) is 0 Å². The van der Waals surface area contributed by atoms with Gasteiger partial charge in [-0.2, -0.15) is 27.1 Å². The molecule has 1 aliphatic heterocycles. The van der Waals surface area contributed by atoms with E-state index in [9.17, 15) is 15.8 Å². The zero-order valence-corrected chi connectivity index (χ0v) is 14.9. The Morgan fingerprint density at radius 1 is 1.36 bits per heavy atom. The number of thiophene rings is 1. The zero-order chi connectivity index (χ0) is 18.0. The maximum Gasteiger partial charge on any atom is 0.190 e. The van der Waals surface area contributed by atoms with Crippen molar-refractivity contribution < 1.29 is 0 Å². The van der Waals surface area contributed by atoms with Crippen LogP contribution in [0.15, 0.2) is 39.7 Å². The monoisotopic (exact) mass is 349 g/mol. The van der Waals surface area contributed by atoms with Crippen LogP contribution in [0, 0.1) is 45.3 Å². The van der Waals surface area contributed by atoms with Gasteiger partial charge in [-0.15, -0.1) is 0 Å². The van der Waals surface area contributed by atoms with Crippen LogP contribution >= 0.6 is 11.3 Å². The molecule has 0 saturated carbocycles. The van der Waals surface area contributed by atoms with Gasteiger partial charge in [0, 0.05) is 30.6 Å². The van der Waals surface area contributed by atoms with Crippen LogP contribution in [0.4, 0.5) is 0 Å². The van der Waals surface area contributed by atoms with Gasteiger partial charge in [-0.1, -0.05) is 18.6 Å². The maximum absolute atomic E-state index is 9.91. The Morgan fingerprint density at radius 2 is 2.12 bits per heavy atom. The van der Waals surface area contributed by atoms with Gasteiger partial charge in [0.05, 0.1) is 23.8 Å². The molecule has 0 aromatic carbocycles. The summed E-state index contributed by atoms with van der Waals surface area (Å²) in [7, 11) is 0. The lowest BCUT2D eigenvalue weighted by Gasteiger charge is -2.44. The molecule has 1 aromatic rings. The highest BCUT2D eigenvalue weighted by Gasteiger charge is 2.54. The highest BCUT2D eigenvalue weighted by atomic mass is 32.1. The Balaban J connectivity index is 2.23. The molecular weight excluding hydrogens is 330 g/mol. The fraction of sp³-hybridized carbons (Fsp3) is 0.421. The molecule has 6 heteroatoms. The third kappa shape index (κ3) is 2.53. The van der Waals surface area contributed by atoms with Crippen molar-refractivity contribution in [3.63, 3.8) is 0 Å². The van der Waals surface area contributed by atoms with Gasteiger partial charge in [0.1, 0.15) is 0 Å². The summed E-state index contributed by atoms with van der Waals surface area (Å²) in [6, 6.07) is 8.29. The molecule has 2 N–H and O–H groups in total. The van der Waals surface area contributed by atoms with Gasteiger partial charge in [-0.05, 0) is 35.4 Å². The summed E-state index contributed by atoms with van der Waals surface area (Å²) in [6.45, 7) is 4.59. The second-order valence-electron chi connectivity index (χ2n) is 6.48. The van der Waals surface area contributed by atoms with E-state index in [1.54, 1.807) is 0 Å². The Kier molecular flexibility index (Phi) is 4.64. The molecule has 0 saturated heterocycles. The summed E-state index contributed by atoms with van der Waals surface area (Å²) >= 11 is 1.53. The summed E-state index contributed by atoms with van der Waals surface area (Å²) in [5.74, 6) is -0.556. The van der Waals surface area contributed by atoms with Gasteiger partial charge in [0.2, 0.25) is 0 Å². The molecule has 0 spiro atoms. The highest BCUT2D eigenvalue weighted by molar-refractivity contribution is 7.08. The standard InChI is InChI=1S/C19H19N5S/c1-2-5-24-6-3-14-15(9-24)18(23)16(8-20)19(11-21,12-22)17(14)13-4-7-25-10-13/h3-4,7,10,15,17H,2,5-6,9,23H2,1H3/t15-,17?/m1/s1. The number of rotatable bonds is 3. The van der Waals surface area contributed by atoms with E-state index < -0.39 is 11.3 Å². The van der Waals surface area contributed by atoms with Crippen LogP contribution in [-0.2, 0) is 0 Å². The van der Waals surface area contributed by atoms with Crippen molar-refractivity contribution in [2.45, 2.75) is 19.3 Å². The maximum atomic E-state index is 9.91. The van der Waals surface area contributed by atoms with Crippen LogP contribution in [0.2, 0.25) is 0 Å². The zero-order valence-electron chi connectivity index (χ0n) is 14.1. The Hall–Kier alpha value is -2.59. The number of hydrogen-bond donors (Lipinski definition) is 1. The van der Waals surface area contributed by atoms with Crippen molar-refractivity contribution >= 4 is 11.3 Å². The average molecular weight is 349 g/mol. The number of nitrogens with two attached hydrogens (primary N) is 1. The predicted molar refractivity (Wildman–Crippen MR) is 95.8 cm³/mol. The van der Waals surface area contributed by atoms with Crippen LogP contribution in [0.1, 0.15) is 24.8 Å². The molecule has 1 aliphatic carbocycles. The van der Waals surface area contributed by atoms with E-state index in [-0.39, 0.29) is 11.5 Å². The van der Waals surface area contributed by atoms with Crippen molar-refractivity contribution in [2.24, 2.45) is 17.1 Å². The van der Waals surface area contributed by atoms with Gasteiger partial charge < -0.3 is 5.73 Å². The topological polar surface area (TPSA) is 101 Å². The number of allylic oxidation sites excluding steroid dienone is 1. The molecule has 1 aromatic heterocycles. The first-order chi connectivity index (χ1) is 12.1. The van der Waals surface area contributed by atoms with Gasteiger partial charge >= 0.3 is 0 Å². The van der Waals surface area contributed by atoms with E-state index in [4.69, 9.17) is 5.73 Å². The summed E-state index contributed by atoms with van der Waals surface area (Å²) in [6.07, 6.45) is 3.15. The van der Waals surface area contributed by atoms with E-state index in [1.807, 2.05) is 16.8 Å². The van der Waals surface area contributed by atoms with E-state index in [0.717, 1.165) is 37.2 Å². The van der Waals surface area contributed by atoms with Crippen LogP contribution in [0.5, 0.6) is 0 Å². The minimum absolute atomic E-state index is 0.116. The first-order valence-corrected chi connectivity index (χ1v) is 9.24. The Bertz CT molecular complexity index is 830. The lowest BCUT2D eigenvalue weighted by atomic mass is 9.58. The number of hydrogen-bond acceptors (Lipinski definition) is 6. The van der Waals surface area contributed by atoms with Crippen LogP contribution in [0.25, 0.3) is 0 Å². The minimum Gasteiger partial charge on any atom is -0.401 e. The molecule has 0 fully saturated rings. The normalized spacial score (nSPS) is 25.3. The van der Waals surface area contributed by atoms with Crippen molar-refractivity contribution in [1.82, 2.24) is 4.90 Å². The van der Waals surface area contributed by atoms with Crippen molar-refractivity contribution in [3.8, 4) is 18.2 Å². The summed E-state index contributed by atoms with van der Waals surface area (Å²) in [4.78, 5) is 2.30. The SMILES string of the molecule is CCCN1CC=C2C(c3ccsc3)C(C#N)(C#N)C(C#N)=C(N)[C@@H]2C1. The predicted octanol–water partition coefficient (Wildman–Crippen LogP) is 2.88. The minimum atomic E-state index is -1.56. The van der Waals surface area contributed by atoms with E-state index in [0.29, 0.717) is 5.70 Å². The van der Waals surface area contributed by atoms with Crippen molar-refractivity contribution in [3.05, 3.63) is 45.3 Å². The first kappa shape index (κ1) is 17.2. The van der Waals surface area contributed by atoms with Crippen LogP contribution < -0.4 is 5.73 Å². The molecule has 0 radical (unpaired) electrons. The van der Waals surface area contributed by atoms with Gasteiger partial charge in [-0.3, -0.25) is 4.90 Å². The number of fused-ring (bicyclic) bond motifs is 1. The van der Waals surface area contributed by atoms with Crippen LogP contribution in [-0.4, -0.2) is 24.5 Å². The second kappa shape index (κ2) is 6.73. The fourth-order valence-electron chi connectivity index (χ4n) is 4.01. The molecule has 5 nitrogen and oxygen atoms in total. The molecule has 1 unspecified atom stereocenters.